The Kier molecular flexibility index (Phi) is 4.16. The number of rotatable bonds is 3. The molecule has 4 nitrogen and oxygen atoms in total. The Morgan fingerprint density at radius 2 is 1.95 bits per heavy atom. The molecule has 2 atom stereocenters. The van der Waals surface area contributed by atoms with Gasteiger partial charge in [-0.05, 0) is 25.7 Å². The van der Waals surface area contributed by atoms with E-state index in [0.29, 0.717) is 12.5 Å². The summed E-state index contributed by atoms with van der Waals surface area (Å²) in [6.07, 6.45) is 5.90. The van der Waals surface area contributed by atoms with Crippen LogP contribution in [-0.2, 0) is 9.59 Å². The summed E-state index contributed by atoms with van der Waals surface area (Å²) < 4.78 is 0. The largest absolute Gasteiger partial charge is 0.340 e. The molecule has 19 heavy (non-hydrogen) atoms. The summed E-state index contributed by atoms with van der Waals surface area (Å²) in [5.41, 5.74) is -0.588. The maximum atomic E-state index is 12.8. The Morgan fingerprint density at radius 1 is 1.32 bits per heavy atom. The monoisotopic (exact) mass is 266 g/mol. The first-order chi connectivity index (χ1) is 9.00. The molecule has 1 spiro atoms. The minimum absolute atomic E-state index is 0.0183. The predicted octanol–water partition coefficient (Wildman–Crippen LogP) is 2.08. The van der Waals surface area contributed by atoms with Crippen LogP contribution in [0.3, 0.4) is 0 Å². The van der Waals surface area contributed by atoms with Crippen molar-refractivity contribution in [3.63, 3.8) is 0 Å². The lowest BCUT2D eigenvalue weighted by Crippen LogP contribution is -2.70. The molecule has 1 aliphatic heterocycles. The van der Waals surface area contributed by atoms with Crippen molar-refractivity contribution in [1.82, 2.24) is 10.2 Å². The molecule has 0 aromatic heterocycles. The van der Waals surface area contributed by atoms with Gasteiger partial charge in [0.15, 0.2) is 0 Å². The number of hydrogen-bond acceptors (Lipinski definition) is 2. The first-order valence-corrected chi connectivity index (χ1v) is 7.63. The van der Waals surface area contributed by atoms with E-state index in [1.807, 2.05) is 11.8 Å². The summed E-state index contributed by atoms with van der Waals surface area (Å²) in [7, 11) is 0. The predicted molar refractivity (Wildman–Crippen MR) is 74.6 cm³/mol. The second-order valence-electron chi connectivity index (χ2n) is 6.28. The average Bonchev–Trinajstić information content (AvgIpc) is 2.42. The summed E-state index contributed by atoms with van der Waals surface area (Å²) in [5.74, 6) is 0.613. The van der Waals surface area contributed by atoms with Crippen LogP contribution >= 0.6 is 0 Å². The zero-order valence-corrected chi connectivity index (χ0v) is 12.4. The molecule has 0 bridgehead atoms. The van der Waals surface area contributed by atoms with Gasteiger partial charge in [-0.25, -0.2) is 0 Å². The molecule has 0 aromatic rings. The highest BCUT2D eigenvalue weighted by Gasteiger charge is 2.49. The maximum Gasteiger partial charge on any atom is 0.249 e. The molecular weight excluding hydrogens is 240 g/mol. The van der Waals surface area contributed by atoms with E-state index in [4.69, 9.17) is 0 Å². The van der Waals surface area contributed by atoms with Crippen LogP contribution in [0.1, 0.15) is 59.3 Å². The van der Waals surface area contributed by atoms with E-state index in [1.165, 1.54) is 6.42 Å². The van der Waals surface area contributed by atoms with E-state index in [1.54, 1.807) is 0 Å². The quantitative estimate of drug-likeness (QED) is 0.850. The molecular formula is C15H26N2O2. The number of amides is 2. The summed E-state index contributed by atoms with van der Waals surface area (Å²) >= 11 is 0. The summed E-state index contributed by atoms with van der Waals surface area (Å²) in [4.78, 5) is 26.8. The molecule has 4 heteroatoms. The van der Waals surface area contributed by atoms with E-state index in [0.717, 1.165) is 32.1 Å². The van der Waals surface area contributed by atoms with Gasteiger partial charge in [-0.15, -0.1) is 0 Å². The van der Waals surface area contributed by atoms with Gasteiger partial charge in [-0.3, -0.25) is 9.59 Å². The van der Waals surface area contributed by atoms with Crippen molar-refractivity contribution in [3.05, 3.63) is 0 Å². The third-order valence-corrected chi connectivity index (χ3v) is 4.79. The summed E-state index contributed by atoms with van der Waals surface area (Å²) in [6.45, 7) is 6.80. The van der Waals surface area contributed by atoms with Crippen molar-refractivity contribution in [1.29, 1.82) is 0 Å². The fraction of sp³-hybridized carbons (Fsp3) is 0.867. The van der Waals surface area contributed by atoms with Crippen LogP contribution < -0.4 is 5.32 Å². The van der Waals surface area contributed by atoms with E-state index in [-0.39, 0.29) is 17.9 Å². The molecule has 2 unspecified atom stereocenters. The molecule has 0 radical (unpaired) electrons. The normalized spacial score (nSPS) is 28.4. The van der Waals surface area contributed by atoms with Crippen LogP contribution in [0.25, 0.3) is 0 Å². The Hall–Kier alpha value is -1.06. The Bertz CT molecular complexity index is 361. The van der Waals surface area contributed by atoms with E-state index < -0.39 is 5.54 Å². The molecule has 1 aliphatic carbocycles. The Labute approximate surface area is 115 Å². The van der Waals surface area contributed by atoms with Crippen molar-refractivity contribution in [2.75, 3.05) is 6.54 Å². The van der Waals surface area contributed by atoms with Crippen molar-refractivity contribution >= 4 is 11.8 Å². The number of carbonyl (C=O) groups is 2. The third-order valence-electron chi connectivity index (χ3n) is 4.79. The molecule has 2 aliphatic rings. The molecule has 1 saturated heterocycles. The number of nitrogens with one attached hydrogen (secondary N) is 1. The molecule has 1 heterocycles. The fourth-order valence-corrected chi connectivity index (χ4v) is 3.19. The van der Waals surface area contributed by atoms with Gasteiger partial charge in [0.25, 0.3) is 0 Å². The van der Waals surface area contributed by atoms with Gasteiger partial charge >= 0.3 is 0 Å². The van der Waals surface area contributed by atoms with Gasteiger partial charge < -0.3 is 10.2 Å². The van der Waals surface area contributed by atoms with Crippen molar-refractivity contribution < 1.29 is 9.59 Å². The second-order valence-corrected chi connectivity index (χ2v) is 6.28. The lowest BCUT2D eigenvalue weighted by molar-refractivity contribution is -0.156. The third kappa shape index (κ3) is 2.63. The highest BCUT2D eigenvalue weighted by atomic mass is 16.2. The van der Waals surface area contributed by atoms with Crippen LogP contribution in [0.15, 0.2) is 0 Å². The Balaban J connectivity index is 2.20. The van der Waals surface area contributed by atoms with Crippen LogP contribution in [0.4, 0.5) is 0 Å². The van der Waals surface area contributed by atoms with Gasteiger partial charge in [0.1, 0.15) is 11.6 Å². The van der Waals surface area contributed by atoms with Crippen molar-refractivity contribution in [2.45, 2.75) is 70.9 Å². The number of hydrogen-bond donors (Lipinski definition) is 1. The van der Waals surface area contributed by atoms with Gasteiger partial charge in [-0.2, -0.15) is 0 Å². The van der Waals surface area contributed by atoms with E-state index >= 15 is 0 Å². The molecule has 0 aromatic carbocycles. The Morgan fingerprint density at radius 3 is 2.53 bits per heavy atom. The van der Waals surface area contributed by atoms with Crippen LogP contribution in [0.2, 0.25) is 0 Å². The van der Waals surface area contributed by atoms with Gasteiger partial charge in [0.2, 0.25) is 11.8 Å². The smallest absolute Gasteiger partial charge is 0.249 e. The molecule has 2 amide bonds. The molecule has 1 N–H and O–H groups in total. The lowest BCUT2D eigenvalue weighted by atomic mass is 9.78. The minimum Gasteiger partial charge on any atom is -0.340 e. The SMILES string of the molecule is CCC(C)CN1C(=O)C2(CCCCC2)NC(=O)C1C. The first kappa shape index (κ1) is 14.4. The average molecular weight is 266 g/mol. The standard InChI is InChI=1S/C15H26N2O2/c1-4-11(2)10-17-12(3)13(18)16-15(14(17)19)8-6-5-7-9-15/h11-12H,4-10H2,1-3H3,(H,16,18). The molecule has 1 saturated carbocycles. The van der Waals surface area contributed by atoms with E-state index in [9.17, 15) is 9.59 Å². The molecule has 2 rings (SSSR count). The highest BCUT2D eigenvalue weighted by Crippen LogP contribution is 2.33. The topological polar surface area (TPSA) is 49.4 Å². The van der Waals surface area contributed by atoms with E-state index in [2.05, 4.69) is 19.2 Å². The molecule has 108 valence electrons. The summed E-state index contributed by atoms with van der Waals surface area (Å²) in [5, 5.41) is 3.02. The molecule has 2 fully saturated rings. The maximum absolute atomic E-state index is 12.8. The zero-order chi connectivity index (χ0) is 14.0. The van der Waals surface area contributed by atoms with Crippen molar-refractivity contribution in [2.24, 2.45) is 5.92 Å². The first-order valence-electron chi connectivity index (χ1n) is 7.63. The number of piperazine rings is 1. The lowest BCUT2D eigenvalue weighted by Gasteiger charge is -2.47. The second kappa shape index (κ2) is 5.51. The summed E-state index contributed by atoms with van der Waals surface area (Å²) in [6, 6.07) is -0.325. The van der Waals surface area contributed by atoms with Gasteiger partial charge in [0.05, 0.1) is 0 Å². The fourth-order valence-electron chi connectivity index (χ4n) is 3.19. The number of nitrogens with zero attached hydrogens (tertiary/aromatic N) is 1. The minimum atomic E-state index is -0.588. The van der Waals surface area contributed by atoms with Gasteiger partial charge in [-0.1, -0.05) is 39.5 Å². The zero-order valence-electron chi connectivity index (χ0n) is 12.4. The van der Waals surface area contributed by atoms with Crippen LogP contribution in [0.5, 0.6) is 0 Å². The highest BCUT2D eigenvalue weighted by molar-refractivity contribution is 5.99. The number of carbonyl (C=O) groups excluding carboxylic acids is 2. The van der Waals surface area contributed by atoms with Crippen molar-refractivity contribution in [3.8, 4) is 0 Å². The van der Waals surface area contributed by atoms with Crippen LogP contribution in [0, 0.1) is 5.92 Å². The van der Waals surface area contributed by atoms with Crippen LogP contribution in [-0.4, -0.2) is 34.8 Å². The van der Waals surface area contributed by atoms with Gasteiger partial charge in [0, 0.05) is 6.54 Å².